The maximum absolute atomic E-state index is 11.3. The van der Waals surface area contributed by atoms with Gasteiger partial charge in [-0.1, -0.05) is 6.92 Å². The summed E-state index contributed by atoms with van der Waals surface area (Å²) < 4.78 is 4.75. The second-order valence-electron chi connectivity index (χ2n) is 3.79. The molecule has 0 spiro atoms. The normalized spacial score (nSPS) is 23.5. The maximum atomic E-state index is 11.3. The van der Waals surface area contributed by atoms with Crippen molar-refractivity contribution in [2.45, 2.75) is 31.1 Å². The van der Waals surface area contributed by atoms with Gasteiger partial charge in [0.05, 0.1) is 6.04 Å². The molecule has 0 saturated carbocycles. The molecule has 1 rings (SSSR count). The van der Waals surface area contributed by atoms with E-state index in [1.807, 2.05) is 13.8 Å². The van der Waals surface area contributed by atoms with Gasteiger partial charge in [0.2, 0.25) is 0 Å². The summed E-state index contributed by atoms with van der Waals surface area (Å²) in [6.07, 6.45) is 0.464. The van der Waals surface area contributed by atoms with Gasteiger partial charge in [0.15, 0.2) is 0 Å². The van der Waals surface area contributed by atoms with E-state index in [0.717, 1.165) is 0 Å². The van der Waals surface area contributed by atoms with Crippen LogP contribution in [0.1, 0.15) is 20.3 Å². The molecule has 0 aliphatic carbocycles. The SMILES string of the molecule is [CH2]CCN1C(=O)OC[C@H]1C(C)(C)S. The number of amides is 1. The number of thiol groups is 1. The number of hydrogen-bond donors (Lipinski definition) is 1. The molecule has 13 heavy (non-hydrogen) atoms. The fourth-order valence-electron chi connectivity index (χ4n) is 1.45. The molecule has 1 aliphatic heterocycles. The number of cyclic esters (lactones) is 1. The van der Waals surface area contributed by atoms with Crippen molar-refractivity contribution >= 4 is 18.7 Å². The van der Waals surface area contributed by atoms with Crippen molar-refractivity contribution in [3.8, 4) is 0 Å². The molecule has 3 nitrogen and oxygen atoms in total. The third kappa shape index (κ3) is 2.30. The Morgan fingerprint density at radius 1 is 1.77 bits per heavy atom. The van der Waals surface area contributed by atoms with Gasteiger partial charge in [0.1, 0.15) is 6.61 Å². The molecular formula is C9H16NO2S. The summed E-state index contributed by atoms with van der Waals surface area (Å²) >= 11 is 4.45. The summed E-state index contributed by atoms with van der Waals surface area (Å²) in [6, 6.07) is 0.0603. The van der Waals surface area contributed by atoms with Crippen molar-refractivity contribution in [2.75, 3.05) is 13.2 Å². The first kappa shape index (κ1) is 10.7. The summed E-state index contributed by atoms with van der Waals surface area (Å²) in [5.74, 6) is 0. The number of ether oxygens (including phenoxy) is 1. The highest BCUT2D eigenvalue weighted by atomic mass is 32.1. The van der Waals surface area contributed by atoms with Gasteiger partial charge in [0, 0.05) is 11.3 Å². The lowest BCUT2D eigenvalue weighted by Crippen LogP contribution is -2.45. The van der Waals surface area contributed by atoms with Crippen molar-refractivity contribution in [1.82, 2.24) is 4.90 Å². The van der Waals surface area contributed by atoms with E-state index in [1.54, 1.807) is 4.90 Å². The topological polar surface area (TPSA) is 29.5 Å². The number of carbonyl (C=O) groups is 1. The van der Waals surface area contributed by atoms with Crippen LogP contribution in [0.5, 0.6) is 0 Å². The van der Waals surface area contributed by atoms with Crippen LogP contribution in [0.2, 0.25) is 0 Å². The highest BCUT2D eigenvalue weighted by Crippen LogP contribution is 2.27. The Balaban J connectivity index is 2.69. The lowest BCUT2D eigenvalue weighted by molar-refractivity contribution is 0.157. The predicted octanol–water partition coefficient (Wildman–Crippen LogP) is 1.74. The quantitative estimate of drug-likeness (QED) is 0.706. The summed E-state index contributed by atoms with van der Waals surface area (Å²) in [6.45, 7) is 8.78. The van der Waals surface area contributed by atoms with Gasteiger partial charge in [-0.3, -0.25) is 0 Å². The second-order valence-corrected chi connectivity index (χ2v) is 4.95. The average molecular weight is 202 g/mol. The number of rotatable bonds is 3. The van der Waals surface area contributed by atoms with Gasteiger partial charge < -0.3 is 9.64 Å². The van der Waals surface area contributed by atoms with Crippen molar-refractivity contribution in [3.05, 3.63) is 6.92 Å². The summed E-state index contributed by atoms with van der Waals surface area (Å²) in [5.41, 5.74) is 0. The second kappa shape index (κ2) is 3.78. The van der Waals surface area contributed by atoms with Crippen LogP contribution >= 0.6 is 12.6 Å². The van der Waals surface area contributed by atoms with Crippen LogP contribution in [0, 0.1) is 6.92 Å². The molecule has 0 aromatic rings. The van der Waals surface area contributed by atoms with Crippen LogP contribution in [0.3, 0.4) is 0 Å². The van der Waals surface area contributed by atoms with Crippen LogP contribution in [0.25, 0.3) is 0 Å². The monoisotopic (exact) mass is 202 g/mol. The van der Waals surface area contributed by atoms with E-state index in [9.17, 15) is 4.79 Å². The van der Waals surface area contributed by atoms with Crippen LogP contribution < -0.4 is 0 Å². The van der Waals surface area contributed by atoms with Crippen LogP contribution in [-0.2, 0) is 4.74 Å². The van der Waals surface area contributed by atoms with Crippen molar-refractivity contribution < 1.29 is 9.53 Å². The molecule has 0 aromatic carbocycles. The first-order valence-electron chi connectivity index (χ1n) is 4.42. The predicted molar refractivity (Wildman–Crippen MR) is 54.9 cm³/mol. The molecular weight excluding hydrogens is 186 g/mol. The van der Waals surface area contributed by atoms with Gasteiger partial charge in [-0.05, 0) is 20.3 Å². The van der Waals surface area contributed by atoms with E-state index in [2.05, 4.69) is 19.6 Å². The number of carbonyl (C=O) groups excluding carboxylic acids is 1. The van der Waals surface area contributed by atoms with Gasteiger partial charge in [-0.2, -0.15) is 12.6 Å². The summed E-state index contributed by atoms with van der Waals surface area (Å²) in [7, 11) is 0. The molecule has 4 heteroatoms. The minimum atomic E-state index is -0.240. The third-order valence-electron chi connectivity index (χ3n) is 2.19. The van der Waals surface area contributed by atoms with Gasteiger partial charge in [-0.25, -0.2) is 4.79 Å². The average Bonchev–Trinajstić information content (AvgIpc) is 2.32. The highest BCUT2D eigenvalue weighted by Gasteiger charge is 2.40. The Labute approximate surface area is 84.8 Å². The van der Waals surface area contributed by atoms with E-state index in [1.165, 1.54) is 0 Å². The Morgan fingerprint density at radius 3 is 2.85 bits per heavy atom. The van der Waals surface area contributed by atoms with Gasteiger partial charge >= 0.3 is 6.09 Å². The van der Waals surface area contributed by atoms with E-state index >= 15 is 0 Å². The Hall–Kier alpha value is -0.380. The number of hydrogen-bond acceptors (Lipinski definition) is 3. The zero-order valence-electron chi connectivity index (χ0n) is 8.12. The molecule has 0 N–H and O–H groups in total. The highest BCUT2D eigenvalue weighted by molar-refractivity contribution is 7.81. The molecule has 1 atom stereocenters. The minimum absolute atomic E-state index is 0.0603. The van der Waals surface area contributed by atoms with E-state index in [-0.39, 0.29) is 16.9 Å². The summed E-state index contributed by atoms with van der Waals surface area (Å²) in [5, 5.41) is 0. The van der Waals surface area contributed by atoms with Crippen molar-refractivity contribution in [2.24, 2.45) is 0 Å². The zero-order valence-corrected chi connectivity index (χ0v) is 9.01. The largest absolute Gasteiger partial charge is 0.447 e. The maximum Gasteiger partial charge on any atom is 0.410 e. The molecule has 1 fully saturated rings. The molecule has 1 saturated heterocycles. The van der Waals surface area contributed by atoms with Gasteiger partial charge in [0.25, 0.3) is 0 Å². The molecule has 75 valence electrons. The molecule has 1 aliphatic rings. The molecule has 0 bridgehead atoms. The Bertz CT molecular complexity index is 200. The smallest absolute Gasteiger partial charge is 0.410 e. The Kier molecular flexibility index (Phi) is 3.11. The standard InChI is InChI=1S/C9H16NO2S/c1-4-5-10-7(9(2,3)13)6-12-8(10)11/h7,13H,1,4-6H2,2-3H3/t7-/m0/s1. The third-order valence-corrected chi connectivity index (χ3v) is 2.49. The van der Waals surface area contributed by atoms with Crippen molar-refractivity contribution in [1.29, 1.82) is 0 Å². The van der Waals surface area contributed by atoms with E-state index < -0.39 is 0 Å². The molecule has 0 unspecified atom stereocenters. The van der Waals surface area contributed by atoms with Crippen molar-refractivity contribution in [3.63, 3.8) is 0 Å². The Morgan fingerprint density at radius 2 is 2.38 bits per heavy atom. The molecule has 1 radical (unpaired) electrons. The molecule has 0 aromatic heterocycles. The van der Waals surface area contributed by atoms with E-state index in [4.69, 9.17) is 4.74 Å². The number of nitrogens with zero attached hydrogens (tertiary/aromatic N) is 1. The lowest BCUT2D eigenvalue weighted by Gasteiger charge is -2.31. The zero-order chi connectivity index (χ0) is 10.1. The lowest BCUT2D eigenvalue weighted by atomic mass is 10.0. The van der Waals surface area contributed by atoms with Crippen LogP contribution in [0.4, 0.5) is 4.79 Å². The molecule has 1 amide bonds. The first-order valence-corrected chi connectivity index (χ1v) is 4.86. The van der Waals surface area contributed by atoms with Crippen LogP contribution in [-0.4, -0.2) is 34.9 Å². The molecule has 1 heterocycles. The van der Waals surface area contributed by atoms with Gasteiger partial charge in [-0.15, -0.1) is 0 Å². The first-order chi connectivity index (χ1) is 5.96. The fraction of sp³-hybridized carbons (Fsp3) is 0.778. The summed E-state index contributed by atoms with van der Waals surface area (Å²) in [4.78, 5) is 13.0. The minimum Gasteiger partial charge on any atom is -0.447 e. The van der Waals surface area contributed by atoms with Crippen LogP contribution in [0.15, 0.2) is 0 Å². The van der Waals surface area contributed by atoms with E-state index in [0.29, 0.717) is 19.6 Å². The fourth-order valence-corrected chi connectivity index (χ4v) is 1.67.